The Morgan fingerprint density at radius 3 is 2.32 bits per heavy atom. The first kappa shape index (κ1) is 21.1. The molecule has 0 spiro atoms. The lowest BCUT2D eigenvalue weighted by atomic mass is 10.1. The number of benzene rings is 2. The molecule has 0 atom stereocenters. The molecule has 1 aliphatic rings. The number of sulfonamides is 1. The fourth-order valence-electron chi connectivity index (χ4n) is 3.71. The molecule has 0 aliphatic carbocycles. The second-order valence-corrected chi connectivity index (χ2v) is 9.15. The highest BCUT2D eigenvalue weighted by Gasteiger charge is 2.32. The molecular weight excluding hydrogens is 428 g/mol. The lowest BCUT2D eigenvalue weighted by molar-refractivity contribution is 0.0699. The topological polar surface area (TPSA) is 79.7 Å². The number of carbonyl (C=O) groups is 1. The molecule has 2 heterocycles. The molecule has 0 unspecified atom stereocenters. The number of aromatic nitrogens is 1. The summed E-state index contributed by atoms with van der Waals surface area (Å²) in [6, 6.07) is 10.6. The van der Waals surface area contributed by atoms with Gasteiger partial charge in [-0.2, -0.15) is 4.31 Å². The Balaban J connectivity index is 1.57. The molecule has 7 nitrogen and oxygen atoms in total. The number of carbonyl (C=O) groups excluding carboxylic acids is 1. The molecule has 0 bridgehead atoms. The van der Waals surface area contributed by atoms with Gasteiger partial charge in [0.2, 0.25) is 10.0 Å². The van der Waals surface area contributed by atoms with Crippen LogP contribution < -0.4 is 5.56 Å². The van der Waals surface area contributed by atoms with E-state index in [2.05, 4.69) is 0 Å². The highest BCUT2D eigenvalue weighted by Crippen LogP contribution is 2.23. The SMILES string of the molecule is Cn1c(=O)cc(C(=O)N2CCN(S(=O)(=O)c3ccc(F)cc3F)CC2)c2ccccc21. The second kappa shape index (κ2) is 7.86. The van der Waals surface area contributed by atoms with Crippen molar-refractivity contribution in [1.82, 2.24) is 13.8 Å². The van der Waals surface area contributed by atoms with Gasteiger partial charge in [0.25, 0.3) is 11.5 Å². The third kappa shape index (κ3) is 3.72. The van der Waals surface area contributed by atoms with Crippen molar-refractivity contribution in [3.8, 4) is 0 Å². The van der Waals surface area contributed by atoms with Crippen molar-refractivity contribution >= 4 is 26.8 Å². The molecule has 31 heavy (non-hydrogen) atoms. The van der Waals surface area contributed by atoms with Crippen LogP contribution in [0.4, 0.5) is 8.78 Å². The van der Waals surface area contributed by atoms with E-state index in [1.165, 1.54) is 15.5 Å². The summed E-state index contributed by atoms with van der Waals surface area (Å²) in [5.74, 6) is -2.41. The average molecular weight is 447 g/mol. The fourth-order valence-corrected chi connectivity index (χ4v) is 5.18. The predicted molar refractivity (Wildman–Crippen MR) is 110 cm³/mol. The lowest BCUT2D eigenvalue weighted by Gasteiger charge is -2.34. The summed E-state index contributed by atoms with van der Waals surface area (Å²) >= 11 is 0. The standard InChI is InChI=1S/C21H19F2N3O4S/c1-24-18-5-3-2-4-15(18)16(13-20(24)27)21(28)25-8-10-26(11-9-25)31(29,30)19-7-6-14(22)12-17(19)23/h2-7,12-13H,8-11H2,1H3. The number of aryl methyl sites for hydroxylation is 1. The number of fused-ring (bicyclic) bond motifs is 1. The summed E-state index contributed by atoms with van der Waals surface area (Å²) < 4.78 is 55.1. The van der Waals surface area contributed by atoms with Crippen LogP contribution in [0.1, 0.15) is 10.4 Å². The summed E-state index contributed by atoms with van der Waals surface area (Å²) in [7, 11) is -2.55. The molecule has 2 aromatic carbocycles. The summed E-state index contributed by atoms with van der Waals surface area (Å²) in [5.41, 5.74) is 0.543. The van der Waals surface area contributed by atoms with Crippen molar-refractivity contribution in [2.24, 2.45) is 7.05 Å². The third-order valence-corrected chi connectivity index (χ3v) is 7.35. The number of piperazine rings is 1. The molecule has 4 rings (SSSR count). The van der Waals surface area contributed by atoms with Crippen molar-refractivity contribution < 1.29 is 22.0 Å². The van der Waals surface area contributed by atoms with Gasteiger partial charge in [0, 0.05) is 50.7 Å². The van der Waals surface area contributed by atoms with Gasteiger partial charge < -0.3 is 9.47 Å². The second-order valence-electron chi connectivity index (χ2n) is 7.24. The molecular formula is C21H19F2N3O4S. The first-order valence-electron chi connectivity index (χ1n) is 9.53. The van der Waals surface area contributed by atoms with E-state index < -0.39 is 26.6 Å². The summed E-state index contributed by atoms with van der Waals surface area (Å²) in [6.07, 6.45) is 0. The van der Waals surface area contributed by atoms with Crippen molar-refractivity contribution in [2.45, 2.75) is 4.90 Å². The van der Waals surface area contributed by atoms with Gasteiger partial charge >= 0.3 is 0 Å². The minimum Gasteiger partial charge on any atom is -0.336 e. The first-order chi connectivity index (χ1) is 14.7. The van der Waals surface area contributed by atoms with Crippen molar-refractivity contribution in [1.29, 1.82) is 0 Å². The summed E-state index contributed by atoms with van der Waals surface area (Å²) in [6.45, 7) is 0.0517. The smallest absolute Gasteiger partial charge is 0.254 e. The highest BCUT2D eigenvalue weighted by molar-refractivity contribution is 7.89. The monoisotopic (exact) mass is 447 g/mol. The number of para-hydroxylation sites is 1. The van der Waals surface area contributed by atoms with Gasteiger partial charge in [-0.1, -0.05) is 18.2 Å². The van der Waals surface area contributed by atoms with Crippen LogP contribution in [-0.4, -0.2) is 54.3 Å². The van der Waals surface area contributed by atoms with E-state index in [9.17, 15) is 26.8 Å². The van der Waals surface area contributed by atoms with E-state index >= 15 is 0 Å². The number of amides is 1. The van der Waals surface area contributed by atoms with Crippen molar-refractivity contribution in [3.63, 3.8) is 0 Å². The van der Waals surface area contributed by atoms with Gasteiger partial charge in [0.1, 0.15) is 16.5 Å². The molecule has 3 aromatic rings. The van der Waals surface area contributed by atoms with Crippen LogP contribution in [0.25, 0.3) is 10.9 Å². The molecule has 0 saturated carbocycles. The minimum absolute atomic E-state index is 0.0480. The molecule has 0 N–H and O–H groups in total. The van der Waals surface area contributed by atoms with E-state index in [4.69, 9.17) is 0 Å². The molecule has 1 aromatic heterocycles. The Kier molecular flexibility index (Phi) is 5.36. The quantitative estimate of drug-likeness (QED) is 0.615. The van der Waals surface area contributed by atoms with E-state index in [1.54, 1.807) is 31.3 Å². The Morgan fingerprint density at radius 2 is 1.65 bits per heavy atom. The van der Waals surface area contributed by atoms with E-state index in [0.717, 1.165) is 16.4 Å². The van der Waals surface area contributed by atoms with E-state index in [1.807, 2.05) is 0 Å². The zero-order valence-electron chi connectivity index (χ0n) is 16.6. The predicted octanol–water partition coefficient (Wildman–Crippen LogP) is 1.96. The number of pyridine rings is 1. The maximum absolute atomic E-state index is 14.0. The summed E-state index contributed by atoms with van der Waals surface area (Å²) in [4.78, 5) is 26.2. The largest absolute Gasteiger partial charge is 0.336 e. The summed E-state index contributed by atoms with van der Waals surface area (Å²) in [5, 5.41) is 0.623. The van der Waals surface area contributed by atoms with Gasteiger partial charge in [-0.05, 0) is 18.2 Å². The average Bonchev–Trinajstić information content (AvgIpc) is 2.75. The van der Waals surface area contributed by atoms with Crippen LogP contribution in [0.5, 0.6) is 0 Å². The van der Waals surface area contributed by atoms with Crippen LogP contribution in [0, 0.1) is 11.6 Å². The zero-order chi connectivity index (χ0) is 22.3. The molecule has 1 saturated heterocycles. The Labute approximate surface area is 177 Å². The highest BCUT2D eigenvalue weighted by atomic mass is 32.2. The number of hydrogen-bond acceptors (Lipinski definition) is 4. The Morgan fingerprint density at radius 1 is 0.968 bits per heavy atom. The number of nitrogens with zero attached hydrogens (tertiary/aromatic N) is 3. The fraction of sp³-hybridized carbons (Fsp3) is 0.238. The maximum atomic E-state index is 14.0. The van der Waals surface area contributed by atoms with Gasteiger partial charge in [0.05, 0.1) is 11.1 Å². The van der Waals surface area contributed by atoms with Crippen LogP contribution in [0.2, 0.25) is 0 Å². The van der Waals surface area contributed by atoms with Gasteiger partial charge in [-0.15, -0.1) is 0 Å². The molecule has 0 radical (unpaired) electrons. The number of hydrogen-bond donors (Lipinski definition) is 0. The van der Waals surface area contributed by atoms with Gasteiger partial charge in [-0.3, -0.25) is 9.59 Å². The third-order valence-electron chi connectivity index (χ3n) is 5.42. The van der Waals surface area contributed by atoms with Gasteiger partial charge in [-0.25, -0.2) is 17.2 Å². The van der Waals surface area contributed by atoms with Crippen LogP contribution in [0.3, 0.4) is 0 Å². The Bertz CT molecular complexity index is 1350. The first-order valence-corrected chi connectivity index (χ1v) is 11.0. The van der Waals surface area contributed by atoms with Crippen LogP contribution >= 0.6 is 0 Å². The van der Waals surface area contributed by atoms with Gasteiger partial charge in [0.15, 0.2) is 0 Å². The zero-order valence-corrected chi connectivity index (χ0v) is 17.4. The Hall–Kier alpha value is -3.11. The number of rotatable bonds is 3. The molecule has 10 heteroatoms. The number of halogens is 2. The molecule has 162 valence electrons. The van der Waals surface area contributed by atoms with Crippen LogP contribution in [-0.2, 0) is 17.1 Å². The lowest BCUT2D eigenvalue weighted by Crippen LogP contribution is -2.50. The molecule has 1 aliphatic heterocycles. The molecule has 1 amide bonds. The maximum Gasteiger partial charge on any atom is 0.254 e. The van der Waals surface area contributed by atoms with Crippen molar-refractivity contribution in [2.75, 3.05) is 26.2 Å². The minimum atomic E-state index is -4.17. The normalized spacial score (nSPS) is 15.4. The van der Waals surface area contributed by atoms with E-state index in [0.29, 0.717) is 17.0 Å². The van der Waals surface area contributed by atoms with E-state index in [-0.39, 0.29) is 43.2 Å². The van der Waals surface area contributed by atoms with Crippen molar-refractivity contribution in [3.05, 3.63) is 76.1 Å². The van der Waals surface area contributed by atoms with Crippen LogP contribution in [0.15, 0.2) is 58.2 Å². The molecule has 1 fully saturated rings.